The molecule has 0 unspecified atom stereocenters. The average Bonchev–Trinajstić information content (AvgIpc) is 3.23. The number of fused-ring (bicyclic) bond motifs is 1. The zero-order valence-electron chi connectivity index (χ0n) is 17.8. The fraction of sp³-hybridized carbons (Fsp3) is 0.320. The molecule has 0 bridgehead atoms. The highest BCUT2D eigenvalue weighted by Gasteiger charge is 2.43. The molecule has 2 aliphatic heterocycles. The smallest absolute Gasteiger partial charge is 0.129 e. The second kappa shape index (κ2) is 7.17. The number of hydrogen-bond acceptors (Lipinski definition) is 5. The van der Waals surface area contributed by atoms with Gasteiger partial charge >= 0.3 is 0 Å². The summed E-state index contributed by atoms with van der Waals surface area (Å²) in [6.45, 7) is 4.51. The first-order valence-corrected chi connectivity index (χ1v) is 11.0. The number of pyridine rings is 2. The van der Waals surface area contributed by atoms with E-state index in [1.165, 1.54) is 18.2 Å². The molecule has 2 saturated heterocycles. The largest absolute Gasteiger partial charge is 0.355 e. The van der Waals surface area contributed by atoms with Crippen molar-refractivity contribution in [3.63, 3.8) is 0 Å². The Bertz CT molecular complexity index is 1250. The summed E-state index contributed by atoms with van der Waals surface area (Å²) >= 11 is 0. The molecule has 0 aliphatic carbocycles. The Labute approximate surface area is 182 Å². The van der Waals surface area contributed by atoms with Crippen LogP contribution in [0.2, 0.25) is 0 Å². The standard InChI is InChI=1S/C25H26N6/c1-30-17-27-14-23(30)19-2-3-20-13-29-22(11-21(20)10-19)18-4-7-28-24(12-18)31-15-25(16-31)5-8-26-9-6-25/h2-4,7,10-14,17,26H,5-6,8-9,15-16H2,1H3. The molecule has 3 aromatic heterocycles. The van der Waals surface area contributed by atoms with Crippen molar-refractivity contribution in [2.45, 2.75) is 12.8 Å². The van der Waals surface area contributed by atoms with Crippen LogP contribution >= 0.6 is 0 Å². The lowest BCUT2D eigenvalue weighted by Crippen LogP contribution is -2.60. The van der Waals surface area contributed by atoms with Gasteiger partial charge in [0, 0.05) is 54.5 Å². The number of imidazole rings is 1. The first-order chi connectivity index (χ1) is 15.2. The van der Waals surface area contributed by atoms with Crippen LogP contribution in [0.3, 0.4) is 0 Å². The van der Waals surface area contributed by atoms with E-state index in [1.54, 1.807) is 0 Å². The second-order valence-electron chi connectivity index (χ2n) is 9.03. The molecule has 6 rings (SSSR count). The zero-order chi connectivity index (χ0) is 20.8. The lowest BCUT2D eigenvalue weighted by molar-refractivity contribution is 0.149. The van der Waals surface area contributed by atoms with Crippen molar-refractivity contribution >= 4 is 16.6 Å². The predicted octanol–water partition coefficient (Wildman–Crippen LogP) is 3.89. The maximum atomic E-state index is 4.74. The highest BCUT2D eigenvalue weighted by molar-refractivity contribution is 5.89. The van der Waals surface area contributed by atoms with Crippen LogP contribution in [-0.4, -0.2) is 45.7 Å². The Balaban J connectivity index is 1.30. The third-order valence-corrected chi connectivity index (χ3v) is 6.92. The number of nitrogens with zero attached hydrogens (tertiary/aromatic N) is 5. The lowest BCUT2D eigenvalue weighted by atomic mass is 9.72. The molecule has 156 valence electrons. The first kappa shape index (κ1) is 18.5. The molecular formula is C25H26N6. The number of nitrogens with one attached hydrogen (secondary N) is 1. The summed E-state index contributed by atoms with van der Waals surface area (Å²) in [5, 5.41) is 5.80. The molecule has 0 radical (unpaired) electrons. The average molecular weight is 411 g/mol. The van der Waals surface area contributed by atoms with Crippen LogP contribution in [0.15, 0.2) is 61.3 Å². The molecule has 2 fully saturated rings. The topological polar surface area (TPSA) is 58.9 Å². The van der Waals surface area contributed by atoms with Crippen LogP contribution in [0.1, 0.15) is 12.8 Å². The van der Waals surface area contributed by atoms with Gasteiger partial charge in [-0.25, -0.2) is 9.97 Å². The Hall–Kier alpha value is -3.25. The van der Waals surface area contributed by atoms with E-state index in [2.05, 4.69) is 56.6 Å². The molecule has 5 heterocycles. The van der Waals surface area contributed by atoms with E-state index in [9.17, 15) is 0 Å². The van der Waals surface area contributed by atoms with Gasteiger partial charge in [-0.3, -0.25) is 4.98 Å². The fourth-order valence-corrected chi connectivity index (χ4v) is 5.04. The van der Waals surface area contributed by atoms with Crippen LogP contribution in [0.5, 0.6) is 0 Å². The van der Waals surface area contributed by atoms with Crippen LogP contribution < -0.4 is 10.2 Å². The zero-order valence-corrected chi connectivity index (χ0v) is 17.8. The minimum Gasteiger partial charge on any atom is -0.355 e. The number of anilines is 1. The van der Waals surface area contributed by atoms with Gasteiger partial charge in [0.15, 0.2) is 0 Å². The van der Waals surface area contributed by atoms with Crippen LogP contribution in [0.25, 0.3) is 33.3 Å². The number of aryl methyl sites for hydroxylation is 1. The van der Waals surface area contributed by atoms with Crippen LogP contribution in [0, 0.1) is 5.41 Å². The van der Waals surface area contributed by atoms with E-state index in [0.29, 0.717) is 5.41 Å². The minimum atomic E-state index is 0.492. The fourth-order valence-electron chi connectivity index (χ4n) is 5.04. The number of hydrogen-bond donors (Lipinski definition) is 1. The Morgan fingerprint density at radius 1 is 0.903 bits per heavy atom. The maximum absolute atomic E-state index is 4.74. The third-order valence-electron chi connectivity index (χ3n) is 6.92. The van der Waals surface area contributed by atoms with Gasteiger partial charge in [0.05, 0.1) is 23.9 Å². The van der Waals surface area contributed by atoms with E-state index >= 15 is 0 Å². The number of piperidine rings is 1. The molecule has 6 nitrogen and oxygen atoms in total. The van der Waals surface area contributed by atoms with E-state index in [4.69, 9.17) is 4.98 Å². The van der Waals surface area contributed by atoms with Crippen LogP contribution in [0.4, 0.5) is 5.82 Å². The van der Waals surface area contributed by atoms with Gasteiger partial charge in [0.2, 0.25) is 0 Å². The van der Waals surface area contributed by atoms with Gasteiger partial charge in [-0.05, 0) is 55.6 Å². The number of rotatable bonds is 3. The van der Waals surface area contributed by atoms with Gasteiger partial charge in [0.1, 0.15) is 5.82 Å². The number of benzene rings is 1. The molecule has 4 aromatic rings. The molecule has 6 heteroatoms. The van der Waals surface area contributed by atoms with Gasteiger partial charge < -0.3 is 14.8 Å². The lowest BCUT2D eigenvalue weighted by Gasteiger charge is -2.53. The monoisotopic (exact) mass is 410 g/mol. The predicted molar refractivity (Wildman–Crippen MR) is 124 cm³/mol. The van der Waals surface area contributed by atoms with Crippen molar-refractivity contribution in [1.82, 2.24) is 24.8 Å². The van der Waals surface area contributed by atoms with E-state index in [0.717, 1.165) is 59.9 Å². The van der Waals surface area contributed by atoms with Crippen molar-refractivity contribution in [1.29, 1.82) is 0 Å². The highest BCUT2D eigenvalue weighted by Crippen LogP contribution is 2.41. The van der Waals surface area contributed by atoms with Gasteiger partial charge in [-0.2, -0.15) is 0 Å². The van der Waals surface area contributed by atoms with E-state index in [-0.39, 0.29) is 0 Å². The summed E-state index contributed by atoms with van der Waals surface area (Å²) in [7, 11) is 2.02. The van der Waals surface area contributed by atoms with Gasteiger partial charge in [-0.1, -0.05) is 12.1 Å². The summed E-state index contributed by atoms with van der Waals surface area (Å²) in [5.74, 6) is 1.06. The molecule has 0 saturated carbocycles. The van der Waals surface area contributed by atoms with Crippen molar-refractivity contribution in [2.75, 3.05) is 31.1 Å². The summed E-state index contributed by atoms with van der Waals surface area (Å²) in [6.07, 6.45) is 10.2. The second-order valence-corrected chi connectivity index (χ2v) is 9.03. The first-order valence-electron chi connectivity index (χ1n) is 11.0. The van der Waals surface area contributed by atoms with Crippen molar-refractivity contribution in [3.8, 4) is 22.5 Å². The third kappa shape index (κ3) is 3.27. The van der Waals surface area contributed by atoms with Crippen LogP contribution in [-0.2, 0) is 7.05 Å². The summed E-state index contributed by atoms with van der Waals surface area (Å²) in [6, 6.07) is 12.9. The number of aromatic nitrogens is 4. The van der Waals surface area contributed by atoms with E-state index < -0.39 is 0 Å². The van der Waals surface area contributed by atoms with Crippen molar-refractivity contribution in [3.05, 3.63) is 61.3 Å². The quantitative estimate of drug-likeness (QED) is 0.555. The summed E-state index contributed by atoms with van der Waals surface area (Å²) < 4.78 is 2.04. The Morgan fingerprint density at radius 3 is 2.58 bits per heavy atom. The molecule has 31 heavy (non-hydrogen) atoms. The molecule has 2 aliphatic rings. The Morgan fingerprint density at radius 2 is 1.77 bits per heavy atom. The van der Waals surface area contributed by atoms with Crippen molar-refractivity contribution in [2.24, 2.45) is 12.5 Å². The SMILES string of the molecule is Cn1cncc1-c1ccc2cnc(-c3ccnc(N4CC5(CCNCC5)C4)c3)cc2c1. The van der Waals surface area contributed by atoms with E-state index in [1.807, 2.05) is 36.5 Å². The van der Waals surface area contributed by atoms with Crippen molar-refractivity contribution < 1.29 is 0 Å². The molecule has 1 aromatic carbocycles. The molecule has 0 atom stereocenters. The normalized spacial score (nSPS) is 17.8. The minimum absolute atomic E-state index is 0.492. The Kier molecular flexibility index (Phi) is 4.28. The summed E-state index contributed by atoms with van der Waals surface area (Å²) in [5.41, 5.74) is 4.86. The maximum Gasteiger partial charge on any atom is 0.129 e. The molecular weight excluding hydrogens is 384 g/mol. The molecule has 1 spiro atoms. The summed E-state index contributed by atoms with van der Waals surface area (Å²) in [4.78, 5) is 16.1. The molecule has 1 N–H and O–H groups in total. The van der Waals surface area contributed by atoms with Gasteiger partial charge in [0.25, 0.3) is 0 Å². The highest BCUT2D eigenvalue weighted by atomic mass is 15.3. The van der Waals surface area contributed by atoms with Gasteiger partial charge in [-0.15, -0.1) is 0 Å². The molecule has 0 amide bonds.